The van der Waals surface area contributed by atoms with Gasteiger partial charge in [0.25, 0.3) is 0 Å². The molecule has 20 heavy (non-hydrogen) atoms. The predicted octanol–water partition coefficient (Wildman–Crippen LogP) is 5.58. The van der Waals surface area contributed by atoms with Crippen molar-refractivity contribution in [3.63, 3.8) is 0 Å². The van der Waals surface area contributed by atoms with Gasteiger partial charge in [-0.3, -0.25) is 0 Å². The van der Waals surface area contributed by atoms with Gasteiger partial charge in [0.05, 0.1) is 0 Å². The van der Waals surface area contributed by atoms with Gasteiger partial charge in [-0.25, -0.2) is 0 Å². The van der Waals surface area contributed by atoms with Gasteiger partial charge in [-0.05, 0) is 20.3 Å². The summed E-state index contributed by atoms with van der Waals surface area (Å²) in [4.78, 5) is 0. The van der Waals surface area contributed by atoms with Crippen LogP contribution in [0, 0.1) is 25.3 Å². The van der Waals surface area contributed by atoms with Crippen LogP contribution in [0.15, 0.2) is 35.9 Å². The minimum absolute atomic E-state index is 0. The second-order valence-corrected chi connectivity index (χ2v) is 4.61. The largest absolute Gasteiger partial charge is 0.180 e. The van der Waals surface area contributed by atoms with Gasteiger partial charge in [-0.1, -0.05) is 44.1 Å². The van der Waals surface area contributed by atoms with E-state index >= 15 is 0 Å². The number of hydrogen-bond donors (Lipinski definition) is 0. The third kappa shape index (κ3) is 10.2. The molecule has 1 radical (unpaired) electrons. The zero-order valence-corrected chi connectivity index (χ0v) is 16.3. The molecular formula is C19H25Y-. The van der Waals surface area contributed by atoms with E-state index in [4.69, 9.17) is 6.42 Å². The summed E-state index contributed by atoms with van der Waals surface area (Å²) in [6.07, 6.45) is 11.2. The molecular weight excluding hydrogens is 317 g/mol. The predicted molar refractivity (Wildman–Crippen MR) is 86.8 cm³/mol. The molecule has 0 bridgehead atoms. The molecule has 0 saturated heterocycles. The van der Waals surface area contributed by atoms with Crippen molar-refractivity contribution in [3.8, 4) is 12.3 Å². The van der Waals surface area contributed by atoms with E-state index in [1.54, 1.807) is 0 Å². The maximum atomic E-state index is 4.78. The number of terminal acetylenes is 1. The summed E-state index contributed by atoms with van der Waals surface area (Å²) in [6.45, 7) is 10.4. The van der Waals surface area contributed by atoms with Gasteiger partial charge in [0.15, 0.2) is 0 Å². The van der Waals surface area contributed by atoms with Crippen LogP contribution < -0.4 is 0 Å². The number of allylic oxidation sites excluding steroid dienone is 4. The van der Waals surface area contributed by atoms with E-state index in [9.17, 15) is 0 Å². The number of aryl methyl sites for hydroxylation is 1. The first-order valence-electron chi connectivity index (χ1n) is 6.82. The molecule has 0 fully saturated rings. The standard InChI is InChI=1S/C15H19.C4H6.Y/c1-5-6-15(11-12(2)3)14-9-7-13(4)8-10-14;1-3-4-2;/h6-7,9-11H,5H2,1-4H3;1H,4H2,2H3;/q-1;;/b15-6+;;. The van der Waals surface area contributed by atoms with E-state index in [0.29, 0.717) is 0 Å². The maximum absolute atomic E-state index is 4.78. The quantitative estimate of drug-likeness (QED) is 0.382. The van der Waals surface area contributed by atoms with E-state index in [0.717, 1.165) is 12.8 Å². The molecule has 0 aliphatic rings. The SMILES string of the molecule is C#CCC.CC/C=C(\C=C(C)C)c1c[c-]c(C)cc1.[Y]. The molecule has 1 aromatic carbocycles. The Morgan fingerprint density at radius 3 is 2.25 bits per heavy atom. The van der Waals surface area contributed by atoms with Gasteiger partial charge in [0.2, 0.25) is 0 Å². The molecule has 0 atom stereocenters. The van der Waals surface area contributed by atoms with Crippen molar-refractivity contribution in [2.45, 2.75) is 47.5 Å². The minimum atomic E-state index is 0. The van der Waals surface area contributed by atoms with Crippen LogP contribution in [0.5, 0.6) is 0 Å². The zero-order chi connectivity index (χ0) is 14.7. The normalized spacial score (nSPS) is 9.50. The topological polar surface area (TPSA) is 0 Å². The maximum Gasteiger partial charge on any atom is 0.00576 e. The fourth-order valence-electron chi connectivity index (χ4n) is 1.47. The van der Waals surface area contributed by atoms with E-state index < -0.39 is 0 Å². The molecule has 105 valence electrons. The number of benzene rings is 1. The molecule has 0 aliphatic carbocycles. The fourth-order valence-corrected chi connectivity index (χ4v) is 1.47. The summed E-state index contributed by atoms with van der Waals surface area (Å²) in [6, 6.07) is 9.58. The van der Waals surface area contributed by atoms with Crippen molar-refractivity contribution in [2.75, 3.05) is 0 Å². The van der Waals surface area contributed by atoms with E-state index in [1.165, 1.54) is 22.3 Å². The van der Waals surface area contributed by atoms with Gasteiger partial charge in [-0.15, -0.1) is 17.9 Å². The third-order valence-electron chi connectivity index (χ3n) is 2.37. The summed E-state index contributed by atoms with van der Waals surface area (Å²) in [5.74, 6) is 2.43. The van der Waals surface area contributed by atoms with Crippen LogP contribution in [0.3, 0.4) is 0 Å². The first kappa shape index (κ1) is 21.7. The van der Waals surface area contributed by atoms with Crippen LogP contribution in [-0.2, 0) is 32.7 Å². The van der Waals surface area contributed by atoms with Crippen molar-refractivity contribution in [1.29, 1.82) is 0 Å². The zero-order valence-electron chi connectivity index (χ0n) is 13.5. The molecule has 0 nitrogen and oxygen atoms in total. The first-order chi connectivity index (χ1) is 9.04. The van der Waals surface area contributed by atoms with Gasteiger partial charge in [-0.2, -0.15) is 29.8 Å². The number of rotatable bonds is 3. The average molecular weight is 342 g/mol. The first-order valence-corrected chi connectivity index (χ1v) is 6.82. The Morgan fingerprint density at radius 2 is 1.90 bits per heavy atom. The molecule has 0 amide bonds. The molecule has 0 spiro atoms. The van der Waals surface area contributed by atoms with E-state index in [1.807, 2.05) is 6.92 Å². The van der Waals surface area contributed by atoms with E-state index in [-0.39, 0.29) is 32.7 Å². The van der Waals surface area contributed by atoms with Crippen molar-refractivity contribution in [3.05, 3.63) is 53.1 Å². The molecule has 0 unspecified atom stereocenters. The second-order valence-electron chi connectivity index (χ2n) is 4.61. The summed E-state index contributed by atoms with van der Waals surface area (Å²) in [5, 5.41) is 0. The van der Waals surface area contributed by atoms with Crippen LogP contribution >= 0.6 is 0 Å². The van der Waals surface area contributed by atoms with Gasteiger partial charge >= 0.3 is 0 Å². The minimum Gasteiger partial charge on any atom is -0.180 e. The molecule has 0 N–H and O–H groups in total. The van der Waals surface area contributed by atoms with Crippen molar-refractivity contribution < 1.29 is 32.7 Å². The van der Waals surface area contributed by atoms with Gasteiger partial charge < -0.3 is 0 Å². The Bertz CT molecular complexity index is 452. The smallest absolute Gasteiger partial charge is 0.00576 e. The van der Waals surface area contributed by atoms with Crippen molar-refractivity contribution in [1.82, 2.24) is 0 Å². The molecule has 1 heteroatoms. The van der Waals surface area contributed by atoms with Gasteiger partial charge in [0.1, 0.15) is 0 Å². The average Bonchev–Trinajstić information content (AvgIpc) is 2.39. The summed E-state index contributed by atoms with van der Waals surface area (Å²) >= 11 is 0. The Balaban J connectivity index is 0. The van der Waals surface area contributed by atoms with Crippen molar-refractivity contribution >= 4 is 5.57 Å². The van der Waals surface area contributed by atoms with Crippen LogP contribution in [0.4, 0.5) is 0 Å². The summed E-state index contributed by atoms with van der Waals surface area (Å²) in [7, 11) is 0. The van der Waals surface area contributed by atoms with Crippen LogP contribution in [0.2, 0.25) is 0 Å². The van der Waals surface area contributed by atoms with Crippen LogP contribution in [0.1, 0.15) is 51.7 Å². The van der Waals surface area contributed by atoms with E-state index in [2.05, 4.69) is 70.0 Å². The van der Waals surface area contributed by atoms with Gasteiger partial charge in [0, 0.05) is 39.1 Å². The third-order valence-corrected chi connectivity index (χ3v) is 2.37. The Kier molecular flexibility index (Phi) is 14.5. The van der Waals surface area contributed by atoms with Crippen molar-refractivity contribution in [2.24, 2.45) is 0 Å². The van der Waals surface area contributed by atoms with Crippen LogP contribution in [0.25, 0.3) is 5.57 Å². The number of hydrogen-bond acceptors (Lipinski definition) is 0. The summed E-state index contributed by atoms with van der Waals surface area (Å²) in [5.41, 5.74) is 5.07. The molecule has 1 aromatic rings. The molecule has 0 aliphatic heterocycles. The molecule has 1 rings (SSSR count). The monoisotopic (exact) mass is 342 g/mol. The Labute approximate surface area is 150 Å². The Hall–Kier alpha value is -0.636. The fraction of sp³-hybridized carbons (Fsp3) is 0.368. The second kappa shape index (κ2) is 13.4. The molecule has 0 saturated carbocycles. The molecule has 0 aromatic heterocycles. The Morgan fingerprint density at radius 1 is 1.30 bits per heavy atom. The summed E-state index contributed by atoms with van der Waals surface area (Å²) < 4.78 is 0. The molecule has 0 heterocycles. The van der Waals surface area contributed by atoms with Crippen LogP contribution in [-0.4, -0.2) is 0 Å².